The summed E-state index contributed by atoms with van der Waals surface area (Å²) in [6.07, 6.45) is 1.87. The highest BCUT2D eigenvalue weighted by Gasteiger charge is 2.33. The maximum Gasteiger partial charge on any atom is 0.327 e. The summed E-state index contributed by atoms with van der Waals surface area (Å²) >= 11 is 0. The first-order valence-electron chi connectivity index (χ1n) is 16.0. The first-order chi connectivity index (χ1) is 24.9. The van der Waals surface area contributed by atoms with Crippen LogP contribution in [0.1, 0.15) is 27.7 Å². The van der Waals surface area contributed by atoms with Gasteiger partial charge in [0.25, 0.3) is 20.0 Å². The number of carbonyl (C=O) groups excluding carboxylic acids is 2. The second-order valence-electron chi connectivity index (χ2n) is 12.9. The smallest absolute Gasteiger partial charge is 0.327 e. The number of hydrogen-bond acceptors (Lipinski definition) is 12. The van der Waals surface area contributed by atoms with Gasteiger partial charge >= 0.3 is 11.9 Å². The average Bonchev–Trinajstić information content (AvgIpc) is 3.04. The Bertz CT molecular complexity index is 2480. The molecular weight excluding hydrogens is 785 g/mol. The maximum atomic E-state index is 14.3. The summed E-state index contributed by atoms with van der Waals surface area (Å²) in [7, 11) is -16.5. The van der Waals surface area contributed by atoms with E-state index >= 15 is 0 Å². The zero-order valence-corrected chi connectivity index (χ0v) is 33.4. The molecule has 54 heavy (non-hydrogen) atoms. The molecule has 0 heterocycles. The maximum absolute atomic E-state index is 14.3. The zero-order valence-electron chi connectivity index (χ0n) is 30.1. The molecule has 0 saturated heterocycles. The Morgan fingerprint density at radius 3 is 1.30 bits per heavy atom. The van der Waals surface area contributed by atoms with Gasteiger partial charge in [-0.3, -0.25) is 27.6 Å². The quantitative estimate of drug-likeness (QED) is 0.163. The lowest BCUT2D eigenvalue weighted by atomic mass is 10.1. The van der Waals surface area contributed by atoms with Gasteiger partial charge in [-0.2, -0.15) is 0 Å². The molecule has 0 bridgehead atoms. The van der Waals surface area contributed by atoms with Crippen LogP contribution in [0.15, 0.2) is 94.7 Å². The van der Waals surface area contributed by atoms with Crippen molar-refractivity contribution in [2.75, 3.05) is 50.3 Å². The van der Waals surface area contributed by atoms with Crippen molar-refractivity contribution in [3.05, 3.63) is 84.9 Å². The summed E-state index contributed by atoms with van der Waals surface area (Å²) < 4.78 is 121. The van der Waals surface area contributed by atoms with E-state index in [1.54, 1.807) is 39.8 Å². The van der Waals surface area contributed by atoms with E-state index < -0.39 is 70.7 Å². The van der Waals surface area contributed by atoms with E-state index in [1.165, 1.54) is 48.5 Å². The number of nitrogens with one attached hydrogen (secondary N) is 2. The fourth-order valence-corrected chi connectivity index (χ4v) is 9.17. The van der Waals surface area contributed by atoms with Crippen LogP contribution >= 0.6 is 0 Å². The van der Waals surface area contributed by atoms with Crippen LogP contribution < -0.4 is 18.1 Å². The van der Waals surface area contributed by atoms with Crippen LogP contribution in [0.2, 0.25) is 0 Å². The molecule has 20 heteroatoms. The Morgan fingerprint density at radius 2 is 0.963 bits per heavy atom. The van der Waals surface area contributed by atoms with Crippen molar-refractivity contribution in [1.29, 1.82) is 0 Å². The lowest BCUT2D eigenvalue weighted by Crippen LogP contribution is -2.39. The van der Waals surface area contributed by atoms with Gasteiger partial charge in [-0.1, -0.05) is 24.3 Å². The van der Waals surface area contributed by atoms with Crippen LogP contribution in [0.4, 0.5) is 22.7 Å². The minimum absolute atomic E-state index is 0.0495. The molecular formula is C34H40N4O12S4. The number of ether oxygens (including phenoxy) is 2. The van der Waals surface area contributed by atoms with E-state index in [1.807, 2.05) is 0 Å². The van der Waals surface area contributed by atoms with Crippen molar-refractivity contribution in [2.24, 2.45) is 0 Å². The van der Waals surface area contributed by atoms with Gasteiger partial charge in [-0.05, 0) is 88.4 Å². The summed E-state index contributed by atoms with van der Waals surface area (Å²) in [6.45, 7) is 4.70. The van der Waals surface area contributed by atoms with Crippen molar-refractivity contribution in [1.82, 2.24) is 0 Å². The number of sulfonamides is 4. The minimum Gasteiger partial charge on any atom is -0.465 e. The van der Waals surface area contributed by atoms with Crippen LogP contribution in [0.5, 0.6) is 0 Å². The van der Waals surface area contributed by atoms with Gasteiger partial charge in [0, 0.05) is 22.1 Å². The highest BCUT2D eigenvalue weighted by atomic mass is 32.2. The molecule has 0 spiro atoms. The molecule has 0 radical (unpaired) electrons. The normalized spacial score (nSPS) is 12.5. The molecule has 4 aromatic rings. The van der Waals surface area contributed by atoms with Crippen LogP contribution in [0, 0.1) is 0 Å². The van der Waals surface area contributed by atoms with Crippen molar-refractivity contribution < 1.29 is 52.7 Å². The molecule has 292 valence electrons. The number of rotatable bonds is 15. The van der Waals surface area contributed by atoms with E-state index in [4.69, 9.17) is 9.47 Å². The largest absolute Gasteiger partial charge is 0.465 e. The number of benzene rings is 4. The molecule has 0 aliphatic carbocycles. The highest BCUT2D eigenvalue weighted by molar-refractivity contribution is 7.93. The summed E-state index contributed by atoms with van der Waals surface area (Å²) in [6, 6.07) is 18.3. The monoisotopic (exact) mass is 824 g/mol. The van der Waals surface area contributed by atoms with Gasteiger partial charge in [-0.15, -0.1) is 0 Å². The predicted molar refractivity (Wildman–Crippen MR) is 205 cm³/mol. The second-order valence-corrected chi connectivity index (χ2v) is 20.1. The highest BCUT2D eigenvalue weighted by Crippen LogP contribution is 2.39. The summed E-state index contributed by atoms with van der Waals surface area (Å²) in [5.41, 5.74) is -0.905. The van der Waals surface area contributed by atoms with E-state index in [9.17, 15) is 43.3 Å². The van der Waals surface area contributed by atoms with Gasteiger partial charge in [0.05, 0.1) is 40.3 Å². The number of hydrogen-bond donors (Lipinski definition) is 2. The molecule has 16 nitrogen and oxygen atoms in total. The third kappa shape index (κ3) is 10.6. The van der Waals surface area contributed by atoms with Crippen LogP contribution in [-0.2, 0) is 59.2 Å². The zero-order chi connectivity index (χ0) is 40.3. The third-order valence-corrected chi connectivity index (χ3v) is 11.9. The topological polar surface area (TPSA) is 220 Å². The van der Waals surface area contributed by atoms with Gasteiger partial charge < -0.3 is 9.47 Å². The molecule has 2 N–H and O–H groups in total. The van der Waals surface area contributed by atoms with E-state index in [0.717, 1.165) is 45.4 Å². The van der Waals surface area contributed by atoms with Crippen LogP contribution in [0.3, 0.4) is 0 Å². The number of carbonyl (C=O) groups is 2. The first-order valence-corrected chi connectivity index (χ1v) is 22.7. The van der Waals surface area contributed by atoms with Crippen molar-refractivity contribution in [3.8, 4) is 0 Å². The molecule has 4 rings (SSSR count). The SMILES string of the molecule is CCOC(=O)CN(c1ccc(N(CC(=O)OC(C)(C)C)S(=O)(=O)c2ccc(NS(C)(=O)=O)cc2)c2ccccc12)S(=O)(=O)c1ccc(NS(C)(=O)=O)cc1. The molecule has 0 aromatic heterocycles. The number of nitrogens with zero attached hydrogens (tertiary/aromatic N) is 2. The molecule has 0 saturated carbocycles. The van der Waals surface area contributed by atoms with E-state index in [2.05, 4.69) is 9.44 Å². The lowest BCUT2D eigenvalue weighted by molar-refractivity contribution is -0.152. The minimum atomic E-state index is -4.60. The molecule has 0 aliphatic heterocycles. The Balaban J connectivity index is 1.92. The number of anilines is 4. The first kappa shape index (κ1) is 41.8. The van der Waals surface area contributed by atoms with Gasteiger partial charge in [0.15, 0.2) is 0 Å². The lowest BCUT2D eigenvalue weighted by Gasteiger charge is -2.29. The summed E-state index contributed by atoms with van der Waals surface area (Å²) in [4.78, 5) is 25.5. The average molecular weight is 825 g/mol. The standard InChI is InChI=1S/C34H40N4O12S4/c1-7-49-32(39)22-37(53(45,46)26-16-12-24(13-17-26)35-51(5,41)42)30-20-21-31(29-11-9-8-10-28(29)30)38(23-33(40)50-34(2,3)4)54(47,48)27-18-14-25(15-19-27)36-52(6,43)44/h8-21,35-36H,7,22-23H2,1-6H3. The Hall–Kier alpha value is -4.92. The molecule has 0 aliphatic rings. The molecule has 4 aromatic carbocycles. The number of fused-ring (bicyclic) bond motifs is 1. The van der Waals surface area contributed by atoms with Crippen LogP contribution in [0.25, 0.3) is 10.8 Å². The fraction of sp³-hybridized carbons (Fsp3) is 0.294. The third-order valence-electron chi connectivity index (χ3n) is 7.18. The van der Waals surface area contributed by atoms with Crippen molar-refractivity contribution in [2.45, 2.75) is 43.1 Å². The Kier molecular flexibility index (Phi) is 12.3. The van der Waals surface area contributed by atoms with Crippen molar-refractivity contribution >= 4 is 85.6 Å². The predicted octanol–water partition coefficient (Wildman–Crippen LogP) is 3.88. The van der Waals surface area contributed by atoms with Gasteiger partial charge in [0.1, 0.15) is 18.7 Å². The molecule has 0 fully saturated rings. The molecule has 0 unspecified atom stereocenters. The molecule has 0 atom stereocenters. The van der Waals surface area contributed by atoms with Gasteiger partial charge in [-0.25, -0.2) is 33.7 Å². The Morgan fingerprint density at radius 1 is 0.593 bits per heavy atom. The number of esters is 2. The second kappa shape index (κ2) is 15.8. The van der Waals surface area contributed by atoms with Gasteiger partial charge in [0.2, 0.25) is 20.0 Å². The Labute approximate surface area is 315 Å². The van der Waals surface area contributed by atoms with E-state index in [0.29, 0.717) is 0 Å². The molecule has 0 amide bonds. The summed E-state index contributed by atoms with van der Waals surface area (Å²) in [5, 5.41) is 0.324. The fourth-order valence-electron chi connectivity index (χ4n) is 5.19. The van der Waals surface area contributed by atoms with E-state index in [-0.39, 0.29) is 49.9 Å². The summed E-state index contributed by atoms with van der Waals surface area (Å²) in [5.74, 6) is -1.80. The van der Waals surface area contributed by atoms with Crippen LogP contribution in [-0.4, -0.2) is 83.4 Å². The van der Waals surface area contributed by atoms with Crippen molar-refractivity contribution in [3.63, 3.8) is 0 Å².